The maximum absolute atomic E-state index is 11.8. The number of likely N-dealkylation sites (N-methyl/N-ethyl adjacent to an activating group) is 1. The molecule has 2 nitrogen and oxygen atoms in total. The van der Waals surface area contributed by atoms with Gasteiger partial charge in [-0.1, -0.05) is 24.3 Å². The summed E-state index contributed by atoms with van der Waals surface area (Å²) in [6.07, 6.45) is 1.98. The minimum Gasteiger partial charge on any atom is -0.340 e. The van der Waals surface area contributed by atoms with Crippen molar-refractivity contribution < 1.29 is 4.79 Å². The molecule has 0 aromatic heterocycles. The number of nitrogens with zero attached hydrogens (tertiary/aromatic N) is 1. The smallest absolute Gasteiger partial charge is 0.240 e. The summed E-state index contributed by atoms with van der Waals surface area (Å²) in [5.41, 5.74) is 2.46. The standard InChI is InChI=1S/C11H13NOS/c1-12-7-8-5-3-4-6-9(8)10(14-2)11(12)13/h3-6,10H,7H2,1-2H3. The maximum atomic E-state index is 11.8. The van der Waals surface area contributed by atoms with Crippen molar-refractivity contribution in [2.45, 2.75) is 11.8 Å². The van der Waals surface area contributed by atoms with Crippen LogP contribution in [0.2, 0.25) is 0 Å². The Morgan fingerprint density at radius 3 is 2.86 bits per heavy atom. The summed E-state index contributed by atoms with van der Waals surface area (Å²) in [5, 5.41) is -0.00931. The van der Waals surface area contributed by atoms with Crippen LogP contribution in [0.1, 0.15) is 16.4 Å². The van der Waals surface area contributed by atoms with Gasteiger partial charge in [0, 0.05) is 13.6 Å². The summed E-state index contributed by atoms with van der Waals surface area (Å²) in [6, 6.07) is 8.18. The highest BCUT2D eigenvalue weighted by Gasteiger charge is 2.29. The van der Waals surface area contributed by atoms with E-state index in [4.69, 9.17) is 0 Å². The molecule has 0 N–H and O–H groups in total. The van der Waals surface area contributed by atoms with Gasteiger partial charge in [0.2, 0.25) is 5.91 Å². The number of fused-ring (bicyclic) bond motifs is 1. The molecule has 1 aromatic rings. The Labute approximate surface area is 88.3 Å². The summed E-state index contributed by atoms with van der Waals surface area (Å²) < 4.78 is 0. The Hall–Kier alpha value is -0.960. The lowest BCUT2D eigenvalue weighted by Crippen LogP contribution is -2.35. The number of hydrogen-bond acceptors (Lipinski definition) is 2. The van der Waals surface area contributed by atoms with Crippen LogP contribution in [0.4, 0.5) is 0 Å². The van der Waals surface area contributed by atoms with Crippen LogP contribution in [-0.2, 0) is 11.3 Å². The van der Waals surface area contributed by atoms with Gasteiger partial charge in [-0.15, -0.1) is 11.8 Å². The van der Waals surface area contributed by atoms with Crippen LogP contribution in [0.3, 0.4) is 0 Å². The maximum Gasteiger partial charge on any atom is 0.240 e. The van der Waals surface area contributed by atoms with E-state index < -0.39 is 0 Å². The monoisotopic (exact) mass is 207 g/mol. The molecule has 14 heavy (non-hydrogen) atoms. The van der Waals surface area contributed by atoms with Crippen LogP contribution in [0, 0.1) is 0 Å². The molecule has 0 aliphatic carbocycles. The van der Waals surface area contributed by atoms with Gasteiger partial charge in [-0.05, 0) is 17.4 Å². The molecule has 74 valence electrons. The van der Waals surface area contributed by atoms with Crippen molar-refractivity contribution in [3.8, 4) is 0 Å². The van der Waals surface area contributed by atoms with Crippen molar-refractivity contribution in [3.63, 3.8) is 0 Å². The summed E-state index contributed by atoms with van der Waals surface area (Å²) in [5.74, 6) is 0.219. The summed E-state index contributed by atoms with van der Waals surface area (Å²) in [6.45, 7) is 0.742. The van der Waals surface area contributed by atoms with E-state index in [1.807, 2.05) is 25.4 Å². The average molecular weight is 207 g/mol. The van der Waals surface area contributed by atoms with Crippen molar-refractivity contribution in [1.82, 2.24) is 4.90 Å². The van der Waals surface area contributed by atoms with Crippen LogP contribution in [0.15, 0.2) is 24.3 Å². The fraction of sp³-hybridized carbons (Fsp3) is 0.364. The Kier molecular flexibility index (Phi) is 2.50. The van der Waals surface area contributed by atoms with Crippen molar-refractivity contribution in [2.24, 2.45) is 0 Å². The normalized spacial score (nSPS) is 20.9. The minimum absolute atomic E-state index is 0.00931. The zero-order valence-electron chi connectivity index (χ0n) is 8.36. The fourth-order valence-corrected chi connectivity index (χ4v) is 2.69. The van der Waals surface area contributed by atoms with Gasteiger partial charge >= 0.3 is 0 Å². The Bertz CT molecular complexity index is 364. The molecule has 1 amide bonds. The molecule has 0 radical (unpaired) electrons. The Morgan fingerprint density at radius 2 is 2.14 bits per heavy atom. The largest absolute Gasteiger partial charge is 0.340 e. The van der Waals surface area contributed by atoms with E-state index in [-0.39, 0.29) is 11.2 Å². The molecular weight excluding hydrogens is 194 g/mol. The molecule has 0 saturated carbocycles. The first-order valence-electron chi connectivity index (χ1n) is 4.59. The number of amides is 1. The van der Waals surface area contributed by atoms with E-state index in [1.165, 1.54) is 11.1 Å². The minimum atomic E-state index is -0.00931. The van der Waals surface area contributed by atoms with Crippen LogP contribution in [0.25, 0.3) is 0 Å². The second-order valence-corrected chi connectivity index (χ2v) is 4.45. The summed E-state index contributed by atoms with van der Waals surface area (Å²) in [4.78, 5) is 13.6. The SMILES string of the molecule is CSC1C(=O)N(C)Cc2ccccc21. The molecule has 1 unspecified atom stereocenters. The van der Waals surface area contributed by atoms with Gasteiger partial charge < -0.3 is 4.90 Å². The molecule has 0 bridgehead atoms. The lowest BCUT2D eigenvalue weighted by atomic mass is 9.99. The van der Waals surface area contributed by atoms with Crippen molar-refractivity contribution in [1.29, 1.82) is 0 Å². The number of hydrogen-bond donors (Lipinski definition) is 0. The number of carbonyl (C=O) groups excluding carboxylic acids is 1. The van der Waals surface area contributed by atoms with Gasteiger partial charge in [-0.25, -0.2) is 0 Å². The van der Waals surface area contributed by atoms with Gasteiger partial charge in [0.05, 0.1) is 0 Å². The van der Waals surface area contributed by atoms with Gasteiger partial charge in [-0.3, -0.25) is 4.79 Å². The average Bonchev–Trinajstić information content (AvgIpc) is 2.20. The number of benzene rings is 1. The van der Waals surface area contributed by atoms with E-state index in [0.717, 1.165) is 6.54 Å². The van der Waals surface area contributed by atoms with Gasteiger partial charge in [-0.2, -0.15) is 0 Å². The van der Waals surface area contributed by atoms with Crippen molar-refractivity contribution in [3.05, 3.63) is 35.4 Å². The predicted molar refractivity (Wildman–Crippen MR) is 59.2 cm³/mol. The third-order valence-corrected chi connectivity index (χ3v) is 3.51. The van der Waals surface area contributed by atoms with E-state index in [1.54, 1.807) is 16.7 Å². The summed E-state index contributed by atoms with van der Waals surface area (Å²) >= 11 is 1.61. The highest BCUT2D eigenvalue weighted by molar-refractivity contribution is 7.99. The first-order chi connectivity index (χ1) is 6.74. The second-order valence-electron chi connectivity index (χ2n) is 3.51. The molecule has 0 fully saturated rings. The zero-order chi connectivity index (χ0) is 10.1. The highest BCUT2D eigenvalue weighted by Crippen LogP contribution is 2.35. The van der Waals surface area contributed by atoms with Gasteiger partial charge in [0.1, 0.15) is 5.25 Å². The Balaban J connectivity index is 2.47. The third-order valence-electron chi connectivity index (χ3n) is 2.58. The quantitative estimate of drug-likeness (QED) is 0.702. The molecule has 0 spiro atoms. The zero-order valence-corrected chi connectivity index (χ0v) is 9.17. The van der Waals surface area contributed by atoms with E-state index in [9.17, 15) is 4.79 Å². The van der Waals surface area contributed by atoms with Crippen LogP contribution in [-0.4, -0.2) is 24.1 Å². The fourth-order valence-electron chi connectivity index (χ4n) is 1.83. The number of carbonyl (C=O) groups is 1. The van der Waals surface area contributed by atoms with Gasteiger partial charge in [0.15, 0.2) is 0 Å². The lowest BCUT2D eigenvalue weighted by molar-refractivity contribution is -0.130. The van der Waals surface area contributed by atoms with Crippen molar-refractivity contribution >= 4 is 17.7 Å². The van der Waals surface area contributed by atoms with Crippen LogP contribution < -0.4 is 0 Å². The first-order valence-corrected chi connectivity index (χ1v) is 5.88. The molecule has 2 rings (SSSR count). The summed E-state index contributed by atoms with van der Waals surface area (Å²) in [7, 11) is 1.86. The van der Waals surface area contributed by atoms with E-state index in [2.05, 4.69) is 12.1 Å². The van der Waals surface area contributed by atoms with Crippen LogP contribution >= 0.6 is 11.8 Å². The number of rotatable bonds is 1. The van der Waals surface area contributed by atoms with E-state index >= 15 is 0 Å². The van der Waals surface area contributed by atoms with E-state index in [0.29, 0.717) is 0 Å². The van der Waals surface area contributed by atoms with Gasteiger partial charge in [0.25, 0.3) is 0 Å². The molecule has 3 heteroatoms. The van der Waals surface area contributed by atoms with Crippen LogP contribution in [0.5, 0.6) is 0 Å². The molecule has 0 saturated heterocycles. The highest BCUT2D eigenvalue weighted by atomic mass is 32.2. The molecule has 1 aliphatic rings. The topological polar surface area (TPSA) is 20.3 Å². The molecular formula is C11H13NOS. The third kappa shape index (κ3) is 1.42. The Morgan fingerprint density at radius 1 is 1.43 bits per heavy atom. The predicted octanol–water partition coefficient (Wildman–Crippen LogP) is 2.06. The molecule has 1 atom stereocenters. The van der Waals surface area contributed by atoms with Crippen molar-refractivity contribution in [2.75, 3.05) is 13.3 Å². The second kappa shape index (κ2) is 3.65. The number of thioether (sulfide) groups is 1. The first kappa shape index (κ1) is 9.59. The lowest BCUT2D eigenvalue weighted by Gasteiger charge is -2.30. The molecule has 1 heterocycles. The molecule has 1 aliphatic heterocycles. The molecule has 1 aromatic carbocycles.